The molecular formula is C16H18FNO2. The molecule has 0 atom stereocenters. The zero-order chi connectivity index (χ0) is 14.9. The van der Waals surface area contributed by atoms with Crippen molar-refractivity contribution in [3.05, 3.63) is 52.7 Å². The number of anilines is 1. The van der Waals surface area contributed by atoms with E-state index < -0.39 is 0 Å². The van der Waals surface area contributed by atoms with Gasteiger partial charge in [0.15, 0.2) is 5.78 Å². The van der Waals surface area contributed by atoms with Gasteiger partial charge in [-0.15, -0.1) is 0 Å². The van der Waals surface area contributed by atoms with Crippen molar-refractivity contribution in [2.24, 2.45) is 0 Å². The van der Waals surface area contributed by atoms with Crippen LogP contribution in [-0.4, -0.2) is 12.8 Å². The predicted octanol–water partition coefficient (Wildman–Crippen LogP) is 3.87. The predicted molar refractivity (Wildman–Crippen MR) is 76.7 cm³/mol. The van der Waals surface area contributed by atoms with Crippen LogP contribution in [-0.2, 0) is 6.54 Å². The Morgan fingerprint density at radius 3 is 2.60 bits per heavy atom. The summed E-state index contributed by atoms with van der Waals surface area (Å²) < 4.78 is 18.9. The van der Waals surface area contributed by atoms with Gasteiger partial charge >= 0.3 is 0 Å². The van der Waals surface area contributed by atoms with Gasteiger partial charge in [-0.3, -0.25) is 4.79 Å². The molecular weight excluding hydrogens is 257 g/mol. The molecule has 0 saturated heterocycles. The first-order chi connectivity index (χ1) is 9.40. The van der Waals surface area contributed by atoms with E-state index in [0.717, 1.165) is 17.0 Å². The summed E-state index contributed by atoms with van der Waals surface area (Å²) in [5, 5.41) is 0. The van der Waals surface area contributed by atoms with E-state index in [1.54, 1.807) is 19.3 Å². The molecule has 106 valence electrons. The fourth-order valence-electron chi connectivity index (χ4n) is 2.18. The van der Waals surface area contributed by atoms with Crippen molar-refractivity contribution in [1.82, 2.24) is 0 Å². The van der Waals surface area contributed by atoms with Crippen molar-refractivity contribution in [2.75, 3.05) is 11.9 Å². The van der Waals surface area contributed by atoms with Gasteiger partial charge in [-0.05, 0) is 44.5 Å². The van der Waals surface area contributed by atoms with Crippen LogP contribution >= 0.6 is 0 Å². The third-order valence-corrected chi connectivity index (χ3v) is 3.44. The molecule has 3 nitrogen and oxygen atoms in total. The van der Waals surface area contributed by atoms with Crippen molar-refractivity contribution < 1.29 is 13.6 Å². The molecule has 1 aromatic heterocycles. The average Bonchev–Trinajstić information content (AvgIpc) is 2.77. The molecule has 0 aliphatic heterocycles. The largest absolute Gasteiger partial charge is 0.469 e. The molecule has 0 aliphatic rings. The molecule has 2 aromatic rings. The van der Waals surface area contributed by atoms with Crippen molar-refractivity contribution in [3.63, 3.8) is 0 Å². The fourth-order valence-corrected chi connectivity index (χ4v) is 2.18. The molecule has 0 fully saturated rings. The van der Waals surface area contributed by atoms with Gasteiger partial charge in [-0.25, -0.2) is 4.39 Å². The standard InChI is InChI=1S/C16H18FNO2/c1-10-7-16(14(11(2)19)8-15(10)17)18(4)9-13-5-6-20-12(13)3/h5-8H,9H2,1-4H3. The van der Waals surface area contributed by atoms with Crippen molar-refractivity contribution >= 4 is 11.5 Å². The summed E-state index contributed by atoms with van der Waals surface area (Å²) in [4.78, 5) is 13.6. The van der Waals surface area contributed by atoms with Crippen LogP contribution in [0.25, 0.3) is 0 Å². The highest BCUT2D eigenvalue weighted by molar-refractivity contribution is 5.99. The van der Waals surface area contributed by atoms with Crippen LogP contribution in [0.5, 0.6) is 0 Å². The van der Waals surface area contributed by atoms with E-state index in [-0.39, 0.29) is 11.6 Å². The van der Waals surface area contributed by atoms with Crippen molar-refractivity contribution in [2.45, 2.75) is 27.3 Å². The maximum absolute atomic E-state index is 13.6. The molecule has 0 spiro atoms. The lowest BCUT2D eigenvalue weighted by Gasteiger charge is -2.22. The number of aryl methyl sites for hydroxylation is 2. The SMILES string of the molecule is CC(=O)c1cc(F)c(C)cc1N(C)Cc1ccoc1C. The van der Waals surface area contributed by atoms with E-state index in [2.05, 4.69) is 0 Å². The molecule has 1 aromatic carbocycles. The maximum Gasteiger partial charge on any atom is 0.161 e. The first-order valence-corrected chi connectivity index (χ1v) is 6.45. The lowest BCUT2D eigenvalue weighted by Crippen LogP contribution is -2.19. The van der Waals surface area contributed by atoms with E-state index in [1.165, 1.54) is 13.0 Å². The zero-order valence-corrected chi connectivity index (χ0v) is 12.2. The smallest absolute Gasteiger partial charge is 0.161 e. The molecule has 4 heteroatoms. The Kier molecular flexibility index (Phi) is 3.93. The number of hydrogen-bond acceptors (Lipinski definition) is 3. The van der Waals surface area contributed by atoms with Crippen LogP contribution in [0.4, 0.5) is 10.1 Å². The average molecular weight is 275 g/mol. The number of carbonyl (C=O) groups excluding carboxylic acids is 1. The molecule has 2 rings (SSSR count). The van der Waals surface area contributed by atoms with Gasteiger partial charge in [-0.1, -0.05) is 0 Å². The number of halogens is 1. The molecule has 0 aliphatic carbocycles. The first kappa shape index (κ1) is 14.3. The van der Waals surface area contributed by atoms with Crippen LogP contribution in [0.15, 0.2) is 28.9 Å². The number of rotatable bonds is 4. The number of ketones is 1. The highest BCUT2D eigenvalue weighted by Gasteiger charge is 2.15. The number of carbonyl (C=O) groups is 1. The minimum Gasteiger partial charge on any atom is -0.469 e. The number of benzene rings is 1. The second kappa shape index (κ2) is 5.49. The Morgan fingerprint density at radius 2 is 2.05 bits per heavy atom. The van der Waals surface area contributed by atoms with Crippen molar-refractivity contribution in [1.29, 1.82) is 0 Å². The van der Waals surface area contributed by atoms with Crippen LogP contribution in [0, 0.1) is 19.7 Å². The lowest BCUT2D eigenvalue weighted by molar-refractivity contribution is 0.101. The molecule has 0 bridgehead atoms. The van der Waals surface area contributed by atoms with Crippen molar-refractivity contribution in [3.8, 4) is 0 Å². The minimum atomic E-state index is -0.355. The molecule has 0 N–H and O–H groups in total. The van der Waals surface area contributed by atoms with Crippen LogP contribution in [0.3, 0.4) is 0 Å². The molecule has 0 unspecified atom stereocenters. The number of furan rings is 1. The van der Waals surface area contributed by atoms with Gasteiger partial charge in [0.2, 0.25) is 0 Å². The van der Waals surface area contributed by atoms with Gasteiger partial charge in [0, 0.05) is 30.4 Å². The third-order valence-electron chi connectivity index (χ3n) is 3.44. The van der Waals surface area contributed by atoms with E-state index in [4.69, 9.17) is 4.42 Å². The lowest BCUT2D eigenvalue weighted by atomic mass is 10.0. The summed E-state index contributed by atoms with van der Waals surface area (Å²) in [5.41, 5.74) is 2.71. The first-order valence-electron chi connectivity index (χ1n) is 6.45. The second-order valence-electron chi connectivity index (χ2n) is 5.03. The van der Waals surface area contributed by atoms with E-state index in [1.807, 2.05) is 24.9 Å². The van der Waals surface area contributed by atoms with Gasteiger partial charge in [0.05, 0.1) is 6.26 Å². The normalized spacial score (nSPS) is 10.7. The Labute approximate surface area is 118 Å². The van der Waals surface area contributed by atoms with Gasteiger partial charge in [0.25, 0.3) is 0 Å². The van der Waals surface area contributed by atoms with Crippen LogP contribution < -0.4 is 4.90 Å². The van der Waals surface area contributed by atoms with Crippen LogP contribution in [0.2, 0.25) is 0 Å². The summed E-state index contributed by atoms with van der Waals surface area (Å²) in [7, 11) is 1.88. The monoisotopic (exact) mass is 275 g/mol. The molecule has 0 saturated carbocycles. The zero-order valence-electron chi connectivity index (χ0n) is 12.2. The fraction of sp³-hybridized carbons (Fsp3) is 0.312. The molecule has 20 heavy (non-hydrogen) atoms. The summed E-state index contributed by atoms with van der Waals surface area (Å²) in [6.45, 7) is 5.64. The summed E-state index contributed by atoms with van der Waals surface area (Å²) in [6.07, 6.45) is 1.64. The minimum absolute atomic E-state index is 0.144. The highest BCUT2D eigenvalue weighted by Crippen LogP contribution is 2.26. The van der Waals surface area contributed by atoms with Gasteiger partial charge < -0.3 is 9.32 Å². The van der Waals surface area contributed by atoms with E-state index >= 15 is 0 Å². The molecule has 0 radical (unpaired) electrons. The Morgan fingerprint density at radius 1 is 1.35 bits per heavy atom. The molecule has 1 heterocycles. The quantitative estimate of drug-likeness (QED) is 0.794. The Hall–Kier alpha value is -2.10. The molecule has 0 amide bonds. The second-order valence-corrected chi connectivity index (χ2v) is 5.03. The maximum atomic E-state index is 13.6. The van der Waals surface area contributed by atoms with E-state index in [9.17, 15) is 9.18 Å². The Balaban J connectivity index is 2.38. The summed E-state index contributed by atoms with van der Waals surface area (Å²) >= 11 is 0. The van der Waals surface area contributed by atoms with Gasteiger partial charge in [0.1, 0.15) is 11.6 Å². The van der Waals surface area contributed by atoms with E-state index in [0.29, 0.717) is 17.7 Å². The van der Waals surface area contributed by atoms with Crippen LogP contribution in [0.1, 0.15) is 34.2 Å². The topological polar surface area (TPSA) is 33.5 Å². The number of nitrogens with zero attached hydrogens (tertiary/aromatic N) is 1. The van der Waals surface area contributed by atoms with Gasteiger partial charge in [-0.2, -0.15) is 0 Å². The third kappa shape index (κ3) is 2.74. The number of hydrogen-bond donors (Lipinski definition) is 0. The number of Topliss-reactive ketones (excluding diaryl/α,β-unsaturated/α-hetero) is 1. The summed E-state index contributed by atoms with van der Waals surface area (Å²) in [5.74, 6) is 0.349. The Bertz CT molecular complexity index is 646. The highest BCUT2D eigenvalue weighted by atomic mass is 19.1. The summed E-state index contributed by atoms with van der Waals surface area (Å²) in [6, 6.07) is 4.92.